The van der Waals surface area contributed by atoms with Crippen LogP contribution >= 0.6 is 0 Å². The number of nitrogens with one attached hydrogen (secondary N) is 1. The Hall–Kier alpha value is -0.610. The van der Waals surface area contributed by atoms with Gasteiger partial charge >= 0.3 is 0 Å². The lowest BCUT2D eigenvalue weighted by molar-refractivity contribution is -0.131. The second-order valence-corrected chi connectivity index (χ2v) is 12.1. The van der Waals surface area contributed by atoms with Crippen LogP contribution in [0.4, 0.5) is 0 Å². The maximum absolute atomic E-state index is 12.6. The summed E-state index contributed by atoms with van der Waals surface area (Å²) in [6.07, 6.45) is 32.5. The lowest BCUT2D eigenvalue weighted by Crippen LogP contribution is -2.41. The zero-order valence-corrected chi connectivity index (χ0v) is 26.1. The Morgan fingerprint density at radius 1 is 0.500 bits per heavy atom. The fraction of sp³-hybridized carbons (Fsp3) is 0.971. The van der Waals surface area contributed by atoms with Crippen molar-refractivity contribution in [1.29, 1.82) is 0 Å². The Morgan fingerprint density at radius 2 is 0.789 bits per heavy atom. The maximum atomic E-state index is 12.6. The number of hydrogen-bond donors (Lipinski definition) is 3. The van der Waals surface area contributed by atoms with Gasteiger partial charge in [0.25, 0.3) is 0 Å². The fourth-order valence-corrected chi connectivity index (χ4v) is 5.59. The third-order valence-corrected chi connectivity index (χ3v) is 8.12. The molecule has 0 rings (SSSR count). The van der Waals surface area contributed by atoms with Gasteiger partial charge in [0.1, 0.15) is 6.23 Å². The van der Waals surface area contributed by atoms with Crippen LogP contribution < -0.4 is 5.32 Å². The Kier molecular flexibility index (Phi) is 28.9. The summed E-state index contributed by atoms with van der Waals surface area (Å²) in [6, 6.07) is 0. The van der Waals surface area contributed by atoms with E-state index < -0.39 is 18.2 Å². The molecule has 3 N–H and O–H groups in total. The second kappa shape index (κ2) is 29.4. The molecule has 0 bridgehead atoms. The molecule has 0 aromatic carbocycles. The average molecular weight is 540 g/mol. The first-order chi connectivity index (χ1) is 18.5. The zero-order chi connectivity index (χ0) is 28.1. The van der Waals surface area contributed by atoms with E-state index >= 15 is 0 Å². The van der Waals surface area contributed by atoms with E-state index in [9.17, 15) is 15.0 Å². The molecular formula is C34H69NO3. The molecule has 1 amide bonds. The molecule has 38 heavy (non-hydrogen) atoms. The predicted octanol–water partition coefficient (Wildman–Crippen LogP) is 9.99. The summed E-state index contributed by atoms with van der Waals surface area (Å²) in [7, 11) is 0. The van der Waals surface area contributed by atoms with E-state index in [0.29, 0.717) is 6.42 Å². The largest absolute Gasteiger partial charge is 0.392 e. The summed E-state index contributed by atoms with van der Waals surface area (Å²) in [5.41, 5.74) is 0. The maximum Gasteiger partial charge on any atom is 0.227 e. The van der Waals surface area contributed by atoms with Gasteiger partial charge in [0, 0.05) is 0 Å². The van der Waals surface area contributed by atoms with Gasteiger partial charge in [0.05, 0.1) is 12.0 Å². The first-order valence-corrected chi connectivity index (χ1v) is 17.2. The van der Waals surface area contributed by atoms with E-state index in [-0.39, 0.29) is 5.91 Å². The minimum atomic E-state index is -0.865. The number of aliphatic hydroxyl groups is 2. The molecular weight excluding hydrogens is 470 g/mol. The van der Waals surface area contributed by atoms with E-state index in [1.165, 1.54) is 135 Å². The zero-order valence-electron chi connectivity index (χ0n) is 26.1. The van der Waals surface area contributed by atoms with Gasteiger partial charge in [0.2, 0.25) is 5.91 Å². The SMILES string of the molecule is CCCCCCCCCCCCCCCC(O)C(CCCCCCCCCCCCCC)C(=O)NC(C)O. The number of carbonyl (C=O) groups excluding carboxylic acids is 1. The van der Waals surface area contributed by atoms with Crippen LogP contribution in [-0.4, -0.2) is 28.5 Å². The Morgan fingerprint density at radius 3 is 1.11 bits per heavy atom. The van der Waals surface area contributed by atoms with Crippen LogP contribution in [0.25, 0.3) is 0 Å². The molecule has 0 saturated carbocycles. The lowest BCUT2D eigenvalue weighted by atomic mass is 9.90. The first kappa shape index (κ1) is 37.4. The van der Waals surface area contributed by atoms with E-state index in [4.69, 9.17) is 0 Å². The van der Waals surface area contributed by atoms with Crippen molar-refractivity contribution in [3.8, 4) is 0 Å². The van der Waals surface area contributed by atoms with Crippen molar-refractivity contribution in [1.82, 2.24) is 5.32 Å². The molecule has 0 heterocycles. The smallest absolute Gasteiger partial charge is 0.227 e. The number of hydrogen-bond acceptors (Lipinski definition) is 3. The number of rotatable bonds is 30. The monoisotopic (exact) mass is 540 g/mol. The Bertz CT molecular complexity index is 482. The van der Waals surface area contributed by atoms with Gasteiger partial charge < -0.3 is 15.5 Å². The summed E-state index contributed by atoms with van der Waals surface area (Å²) >= 11 is 0. The average Bonchev–Trinajstić information content (AvgIpc) is 2.89. The van der Waals surface area contributed by atoms with Gasteiger partial charge in [-0.2, -0.15) is 0 Å². The van der Waals surface area contributed by atoms with Gasteiger partial charge in [-0.15, -0.1) is 0 Å². The third kappa shape index (κ3) is 25.7. The highest BCUT2D eigenvalue weighted by Crippen LogP contribution is 2.21. The van der Waals surface area contributed by atoms with Crippen LogP contribution in [-0.2, 0) is 4.79 Å². The van der Waals surface area contributed by atoms with Gasteiger partial charge in [-0.25, -0.2) is 0 Å². The van der Waals surface area contributed by atoms with Gasteiger partial charge in [-0.1, -0.05) is 174 Å². The van der Waals surface area contributed by atoms with Crippen molar-refractivity contribution in [3.05, 3.63) is 0 Å². The normalized spacial score (nSPS) is 13.9. The molecule has 0 aliphatic carbocycles. The van der Waals surface area contributed by atoms with Crippen molar-refractivity contribution in [2.75, 3.05) is 0 Å². The molecule has 3 atom stereocenters. The van der Waals surface area contributed by atoms with E-state index in [1.54, 1.807) is 6.92 Å². The van der Waals surface area contributed by atoms with Crippen molar-refractivity contribution in [2.24, 2.45) is 5.92 Å². The van der Waals surface area contributed by atoms with E-state index in [0.717, 1.165) is 32.1 Å². The number of unbranched alkanes of at least 4 members (excludes halogenated alkanes) is 23. The molecule has 4 heteroatoms. The Labute approximate surface area is 238 Å². The van der Waals surface area contributed by atoms with Crippen LogP contribution in [0, 0.1) is 5.92 Å². The number of amides is 1. The number of aliphatic hydroxyl groups excluding tert-OH is 2. The lowest BCUT2D eigenvalue weighted by Gasteiger charge is -2.23. The number of carbonyl (C=O) groups is 1. The second-order valence-electron chi connectivity index (χ2n) is 12.1. The molecule has 4 nitrogen and oxygen atoms in total. The van der Waals surface area contributed by atoms with Crippen molar-refractivity contribution in [3.63, 3.8) is 0 Å². The standard InChI is InChI=1S/C34H69NO3/c1-4-6-8-10-12-14-16-18-20-22-24-26-28-30-33(37)32(34(38)35-31(3)36)29-27-25-23-21-19-17-15-13-11-9-7-5-2/h31-33,36-37H,4-30H2,1-3H3,(H,35,38). The molecule has 228 valence electrons. The summed E-state index contributed by atoms with van der Waals surface area (Å²) in [6.45, 7) is 6.11. The van der Waals surface area contributed by atoms with Gasteiger partial charge in [-0.3, -0.25) is 4.79 Å². The molecule has 0 saturated heterocycles. The molecule has 0 aliphatic rings. The third-order valence-electron chi connectivity index (χ3n) is 8.12. The molecule has 0 aromatic rings. The van der Waals surface area contributed by atoms with Crippen LogP contribution in [0.5, 0.6) is 0 Å². The highest BCUT2D eigenvalue weighted by molar-refractivity contribution is 5.79. The van der Waals surface area contributed by atoms with E-state index in [2.05, 4.69) is 19.2 Å². The highest BCUT2D eigenvalue weighted by Gasteiger charge is 2.26. The summed E-state index contributed by atoms with van der Waals surface area (Å²) in [5, 5.41) is 23.0. The Balaban J connectivity index is 3.90. The van der Waals surface area contributed by atoms with Crippen molar-refractivity contribution in [2.45, 2.75) is 206 Å². The summed E-state index contributed by atoms with van der Waals surface area (Å²) < 4.78 is 0. The quantitative estimate of drug-likeness (QED) is 0.0628. The van der Waals surface area contributed by atoms with Crippen molar-refractivity contribution >= 4 is 5.91 Å². The molecule has 3 unspecified atom stereocenters. The highest BCUT2D eigenvalue weighted by atomic mass is 16.3. The molecule has 0 radical (unpaired) electrons. The minimum Gasteiger partial charge on any atom is -0.392 e. The van der Waals surface area contributed by atoms with Crippen LogP contribution in [0.15, 0.2) is 0 Å². The van der Waals surface area contributed by atoms with Crippen LogP contribution in [0.3, 0.4) is 0 Å². The summed E-state index contributed by atoms with van der Waals surface area (Å²) in [4.78, 5) is 12.6. The first-order valence-electron chi connectivity index (χ1n) is 17.2. The van der Waals surface area contributed by atoms with Crippen LogP contribution in [0.2, 0.25) is 0 Å². The van der Waals surface area contributed by atoms with Gasteiger partial charge in [-0.05, 0) is 19.8 Å². The molecule has 0 spiro atoms. The molecule has 0 aromatic heterocycles. The van der Waals surface area contributed by atoms with Crippen molar-refractivity contribution < 1.29 is 15.0 Å². The fourth-order valence-electron chi connectivity index (χ4n) is 5.59. The van der Waals surface area contributed by atoms with E-state index in [1.807, 2.05) is 0 Å². The molecule has 0 aliphatic heterocycles. The topological polar surface area (TPSA) is 69.6 Å². The minimum absolute atomic E-state index is 0.190. The van der Waals surface area contributed by atoms with Gasteiger partial charge in [0.15, 0.2) is 0 Å². The summed E-state index contributed by atoms with van der Waals surface area (Å²) in [5.74, 6) is -0.588. The predicted molar refractivity (Wildman–Crippen MR) is 165 cm³/mol. The molecule has 0 fully saturated rings. The van der Waals surface area contributed by atoms with Crippen LogP contribution in [0.1, 0.15) is 194 Å².